The average Bonchev–Trinajstić information content (AvgIpc) is 2.71. The number of benzene rings is 3. The van der Waals surface area contributed by atoms with Crippen molar-refractivity contribution >= 4 is 11.6 Å². The van der Waals surface area contributed by atoms with Crippen molar-refractivity contribution in [2.24, 2.45) is 0 Å². The lowest BCUT2D eigenvalue weighted by atomic mass is 9.98. The second-order valence-corrected chi connectivity index (χ2v) is 7.86. The van der Waals surface area contributed by atoms with Crippen molar-refractivity contribution in [3.05, 3.63) is 105 Å². The van der Waals surface area contributed by atoms with E-state index in [0.29, 0.717) is 36.8 Å². The summed E-state index contributed by atoms with van der Waals surface area (Å²) in [5, 5.41) is -0.490. The molecule has 0 unspecified atom stereocenters. The molecule has 0 N–H and O–H groups in total. The molecular formula is C25H23ClF4. The second kappa shape index (κ2) is 10.1. The molecule has 0 saturated carbocycles. The molecule has 0 amide bonds. The molecule has 30 heavy (non-hydrogen) atoms. The molecule has 0 aliphatic carbocycles. The molecule has 0 aromatic heterocycles. The minimum Gasteiger partial charge on any atom is -0.207 e. The molecule has 0 aliphatic rings. The first-order valence-electron chi connectivity index (χ1n) is 10.1. The van der Waals surface area contributed by atoms with Crippen LogP contribution in [0.3, 0.4) is 0 Å². The maximum absolute atomic E-state index is 14.2. The zero-order valence-electron chi connectivity index (χ0n) is 16.8. The van der Waals surface area contributed by atoms with Crippen LogP contribution in [0, 0.1) is 23.3 Å². The SMILES string of the molecule is CCCc1cc(F)c(CCc2ccc(CCc3cc(F)c(Cl)c(F)c3)cc2)c(F)c1. The molecule has 158 valence electrons. The predicted molar refractivity (Wildman–Crippen MR) is 113 cm³/mol. The van der Waals surface area contributed by atoms with E-state index in [0.717, 1.165) is 17.5 Å². The number of rotatable bonds is 8. The van der Waals surface area contributed by atoms with Crippen LogP contribution in [0.2, 0.25) is 5.02 Å². The fraction of sp³-hybridized carbons (Fsp3) is 0.280. The summed E-state index contributed by atoms with van der Waals surface area (Å²) in [7, 11) is 0. The van der Waals surface area contributed by atoms with Gasteiger partial charge in [0.25, 0.3) is 0 Å². The number of hydrogen-bond donors (Lipinski definition) is 0. The van der Waals surface area contributed by atoms with E-state index in [1.165, 1.54) is 24.3 Å². The molecule has 5 heteroatoms. The van der Waals surface area contributed by atoms with Gasteiger partial charge in [-0.25, -0.2) is 17.6 Å². The van der Waals surface area contributed by atoms with Crippen LogP contribution in [0.5, 0.6) is 0 Å². The van der Waals surface area contributed by atoms with Crippen molar-refractivity contribution in [2.75, 3.05) is 0 Å². The Hall–Kier alpha value is -2.33. The third kappa shape index (κ3) is 5.63. The van der Waals surface area contributed by atoms with Gasteiger partial charge in [-0.2, -0.15) is 0 Å². The van der Waals surface area contributed by atoms with Crippen molar-refractivity contribution < 1.29 is 17.6 Å². The van der Waals surface area contributed by atoms with Gasteiger partial charge in [-0.05, 0) is 78.6 Å². The fourth-order valence-corrected chi connectivity index (χ4v) is 3.62. The summed E-state index contributed by atoms with van der Waals surface area (Å²) in [6, 6.07) is 13.0. The molecule has 0 radical (unpaired) electrons. The highest BCUT2D eigenvalue weighted by atomic mass is 35.5. The molecular weight excluding hydrogens is 412 g/mol. The summed E-state index contributed by atoms with van der Waals surface area (Å²) in [5.41, 5.74) is 3.32. The topological polar surface area (TPSA) is 0 Å². The Morgan fingerprint density at radius 3 is 1.47 bits per heavy atom. The lowest BCUT2D eigenvalue weighted by Gasteiger charge is -2.09. The van der Waals surface area contributed by atoms with Gasteiger partial charge in [0.1, 0.15) is 28.3 Å². The second-order valence-electron chi connectivity index (χ2n) is 7.48. The summed E-state index contributed by atoms with van der Waals surface area (Å²) in [4.78, 5) is 0. The largest absolute Gasteiger partial charge is 0.207 e. The van der Waals surface area contributed by atoms with Gasteiger partial charge < -0.3 is 0 Å². The minimum absolute atomic E-state index is 0.116. The van der Waals surface area contributed by atoms with Gasteiger partial charge in [0.15, 0.2) is 0 Å². The zero-order chi connectivity index (χ0) is 21.7. The monoisotopic (exact) mass is 434 g/mol. The van der Waals surface area contributed by atoms with Gasteiger partial charge in [0.05, 0.1) is 0 Å². The first kappa shape index (κ1) is 22.4. The highest BCUT2D eigenvalue weighted by Gasteiger charge is 2.12. The summed E-state index contributed by atoms with van der Waals surface area (Å²) in [6.07, 6.45) is 3.40. The molecule has 0 aliphatic heterocycles. The summed E-state index contributed by atoms with van der Waals surface area (Å²) < 4.78 is 55.6. The summed E-state index contributed by atoms with van der Waals surface area (Å²) >= 11 is 5.50. The predicted octanol–water partition coefficient (Wildman–Crippen LogP) is 7.42. The lowest BCUT2D eigenvalue weighted by Crippen LogP contribution is -2.01. The number of aryl methyl sites for hydroxylation is 4. The first-order chi connectivity index (χ1) is 14.4. The van der Waals surface area contributed by atoms with Crippen molar-refractivity contribution in [2.45, 2.75) is 45.4 Å². The van der Waals surface area contributed by atoms with E-state index in [-0.39, 0.29) is 12.0 Å². The molecule has 0 bridgehead atoms. The molecule has 0 atom stereocenters. The average molecular weight is 435 g/mol. The zero-order valence-corrected chi connectivity index (χ0v) is 17.5. The first-order valence-corrected chi connectivity index (χ1v) is 10.4. The van der Waals surface area contributed by atoms with Crippen molar-refractivity contribution in [3.63, 3.8) is 0 Å². The van der Waals surface area contributed by atoms with Crippen molar-refractivity contribution in [1.82, 2.24) is 0 Å². The maximum atomic E-state index is 14.2. The molecule has 3 aromatic rings. The van der Waals surface area contributed by atoms with E-state index >= 15 is 0 Å². The van der Waals surface area contributed by atoms with Crippen LogP contribution >= 0.6 is 11.6 Å². The molecule has 3 aromatic carbocycles. The van der Waals surface area contributed by atoms with E-state index in [2.05, 4.69) is 0 Å². The smallest absolute Gasteiger partial charge is 0.145 e. The quantitative estimate of drug-likeness (QED) is 0.255. The highest BCUT2D eigenvalue weighted by Crippen LogP contribution is 2.22. The van der Waals surface area contributed by atoms with Crippen LogP contribution in [0.1, 0.15) is 41.2 Å². The third-order valence-electron chi connectivity index (χ3n) is 5.17. The Bertz CT molecular complexity index is 966. The van der Waals surface area contributed by atoms with Gasteiger partial charge >= 0.3 is 0 Å². The van der Waals surface area contributed by atoms with Gasteiger partial charge in [0.2, 0.25) is 0 Å². The van der Waals surface area contributed by atoms with Crippen LogP contribution in [0.4, 0.5) is 17.6 Å². The molecule has 0 heterocycles. The Balaban J connectivity index is 1.59. The number of halogens is 5. The van der Waals surface area contributed by atoms with Gasteiger partial charge in [0, 0.05) is 5.56 Å². The Morgan fingerprint density at radius 1 is 0.567 bits per heavy atom. The normalized spacial score (nSPS) is 11.1. The number of hydrogen-bond acceptors (Lipinski definition) is 0. The van der Waals surface area contributed by atoms with Gasteiger partial charge in [-0.3, -0.25) is 0 Å². The van der Waals surface area contributed by atoms with Crippen LogP contribution in [-0.4, -0.2) is 0 Å². The van der Waals surface area contributed by atoms with E-state index in [9.17, 15) is 17.6 Å². The van der Waals surface area contributed by atoms with Crippen LogP contribution in [0.25, 0.3) is 0 Å². The minimum atomic E-state index is -0.760. The fourth-order valence-electron chi connectivity index (χ4n) is 3.51. The van der Waals surface area contributed by atoms with Gasteiger partial charge in [-0.1, -0.05) is 49.2 Å². The molecule has 0 fully saturated rings. The Labute approximate surface area is 179 Å². The van der Waals surface area contributed by atoms with Crippen molar-refractivity contribution in [1.29, 1.82) is 0 Å². The van der Waals surface area contributed by atoms with Crippen LogP contribution in [-0.2, 0) is 32.1 Å². The highest BCUT2D eigenvalue weighted by molar-refractivity contribution is 6.30. The van der Waals surface area contributed by atoms with Crippen LogP contribution in [0.15, 0.2) is 48.5 Å². The molecule has 0 saturated heterocycles. The van der Waals surface area contributed by atoms with E-state index in [1.54, 1.807) is 0 Å². The molecule has 0 spiro atoms. The van der Waals surface area contributed by atoms with E-state index < -0.39 is 28.3 Å². The molecule has 0 nitrogen and oxygen atoms in total. The summed E-state index contributed by atoms with van der Waals surface area (Å²) in [5.74, 6) is -2.50. The Kier molecular flexibility index (Phi) is 7.54. The van der Waals surface area contributed by atoms with Crippen molar-refractivity contribution in [3.8, 4) is 0 Å². The van der Waals surface area contributed by atoms with E-state index in [4.69, 9.17) is 11.6 Å². The standard InChI is InChI=1S/C25H23ClF4/c1-2-3-18-12-21(27)20(22(28)13-18)11-10-17-6-4-16(5-7-17)8-9-19-14-23(29)25(26)24(30)15-19/h4-7,12-15H,2-3,8-11H2,1H3. The summed E-state index contributed by atoms with van der Waals surface area (Å²) in [6.45, 7) is 1.97. The maximum Gasteiger partial charge on any atom is 0.145 e. The Morgan fingerprint density at radius 2 is 0.967 bits per heavy atom. The molecule has 3 rings (SSSR count). The lowest BCUT2D eigenvalue weighted by molar-refractivity contribution is 0.551. The van der Waals surface area contributed by atoms with E-state index in [1.807, 2.05) is 31.2 Å². The van der Waals surface area contributed by atoms with Crippen LogP contribution < -0.4 is 0 Å². The third-order valence-corrected chi connectivity index (χ3v) is 5.53. The van der Waals surface area contributed by atoms with Gasteiger partial charge in [-0.15, -0.1) is 0 Å².